The molecule has 6 atom stereocenters. The molecular formula is C25H36O6. The highest BCUT2D eigenvalue weighted by Crippen LogP contribution is 2.46. The van der Waals surface area contributed by atoms with Crippen molar-refractivity contribution in [3.05, 3.63) is 42.2 Å². The van der Waals surface area contributed by atoms with E-state index < -0.39 is 11.2 Å². The monoisotopic (exact) mass is 432 g/mol. The lowest BCUT2D eigenvalue weighted by Gasteiger charge is -2.55. The molecule has 1 aromatic carbocycles. The summed E-state index contributed by atoms with van der Waals surface area (Å²) in [5, 5.41) is 11.2. The molecule has 6 nitrogen and oxygen atoms in total. The first-order valence-electron chi connectivity index (χ1n) is 11.5. The van der Waals surface area contributed by atoms with Crippen molar-refractivity contribution >= 4 is 0 Å². The number of fused-ring (bicyclic) bond motifs is 2. The van der Waals surface area contributed by atoms with Gasteiger partial charge in [0.1, 0.15) is 11.9 Å². The van der Waals surface area contributed by atoms with E-state index in [9.17, 15) is 5.11 Å². The van der Waals surface area contributed by atoms with Crippen molar-refractivity contribution in [3.8, 4) is 5.75 Å². The summed E-state index contributed by atoms with van der Waals surface area (Å²) in [5.74, 6) is 0.843. The van der Waals surface area contributed by atoms with Crippen molar-refractivity contribution in [3.63, 3.8) is 0 Å². The largest absolute Gasteiger partial charge is 0.497 e. The molecule has 2 fully saturated rings. The smallest absolute Gasteiger partial charge is 0.126 e. The molecule has 1 aromatic rings. The van der Waals surface area contributed by atoms with Crippen molar-refractivity contribution in [2.45, 2.75) is 94.6 Å². The number of allylic oxidation sites excluding steroid dienone is 1. The van der Waals surface area contributed by atoms with Gasteiger partial charge in [-0.3, -0.25) is 0 Å². The third-order valence-corrected chi connectivity index (χ3v) is 6.84. The van der Waals surface area contributed by atoms with Gasteiger partial charge in [-0.1, -0.05) is 12.1 Å². The molecule has 3 heterocycles. The first kappa shape index (κ1) is 22.6. The molecular weight excluding hydrogens is 396 g/mol. The summed E-state index contributed by atoms with van der Waals surface area (Å²) in [6.45, 7) is 5.14. The number of aliphatic hydroxyl groups is 1. The Morgan fingerprint density at radius 2 is 1.97 bits per heavy atom. The predicted molar refractivity (Wildman–Crippen MR) is 117 cm³/mol. The average Bonchev–Trinajstić information content (AvgIpc) is 2.96. The van der Waals surface area contributed by atoms with Gasteiger partial charge in [0.25, 0.3) is 0 Å². The SMILES string of the molecule is COc1ccc(COCCC[C@@H]2O[C@@H]3C[C@@H]4OC=CCC[C@H]4O[C@@]3(C)C[C@@]2(C)O)cc1. The van der Waals surface area contributed by atoms with Gasteiger partial charge < -0.3 is 28.8 Å². The minimum absolute atomic E-state index is 0.0216. The molecule has 3 aliphatic rings. The van der Waals surface area contributed by atoms with E-state index in [2.05, 4.69) is 13.0 Å². The van der Waals surface area contributed by atoms with Gasteiger partial charge in [-0.05, 0) is 63.3 Å². The molecule has 0 spiro atoms. The van der Waals surface area contributed by atoms with Crippen LogP contribution >= 0.6 is 0 Å². The van der Waals surface area contributed by atoms with E-state index in [0.29, 0.717) is 19.6 Å². The van der Waals surface area contributed by atoms with E-state index in [1.54, 1.807) is 13.4 Å². The van der Waals surface area contributed by atoms with Gasteiger partial charge >= 0.3 is 0 Å². The molecule has 6 heteroatoms. The molecule has 0 aromatic heterocycles. The molecule has 4 rings (SSSR count). The van der Waals surface area contributed by atoms with Crippen molar-refractivity contribution in [1.29, 1.82) is 0 Å². The topological polar surface area (TPSA) is 66.4 Å². The van der Waals surface area contributed by atoms with Gasteiger partial charge in [-0.25, -0.2) is 0 Å². The molecule has 172 valence electrons. The van der Waals surface area contributed by atoms with Crippen LogP contribution in [0.25, 0.3) is 0 Å². The highest BCUT2D eigenvalue weighted by atomic mass is 16.6. The predicted octanol–water partition coefficient (Wildman–Crippen LogP) is 4.14. The van der Waals surface area contributed by atoms with Crippen molar-refractivity contribution < 1.29 is 28.8 Å². The molecule has 0 aliphatic carbocycles. The van der Waals surface area contributed by atoms with Crippen LogP contribution in [0.2, 0.25) is 0 Å². The van der Waals surface area contributed by atoms with Gasteiger partial charge in [0, 0.05) is 19.4 Å². The number of hydrogen-bond donors (Lipinski definition) is 1. The number of hydrogen-bond acceptors (Lipinski definition) is 6. The van der Waals surface area contributed by atoms with Gasteiger partial charge in [0.2, 0.25) is 0 Å². The molecule has 31 heavy (non-hydrogen) atoms. The van der Waals surface area contributed by atoms with Crippen LogP contribution in [0, 0.1) is 0 Å². The van der Waals surface area contributed by atoms with Crippen LogP contribution in [-0.2, 0) is 25.6 Å². The number of ether oxygens (including phenoxy) is 5. The second kappa shape index (κ2) is 9.49. The van der Waals surface area contributed by atoms with Crippen LogP contribution in [0.1, 0.15) is 57.9 Å². The maximum Gasteiger partial charge on any atom is 0.126 e. The normalized spacial score (nSPS) is 37.3. The first-order chi connectivity index (χ1) is 14.9. The molecule has 2 saturated heterocycles. The summed E-state index contributed by atoms with van der Waals surface area (Å²) in [4.78, 5) is 0. The zero-order valence-corrected chi connectivity index (χ0v) is 18.9. The van der Waals surface area contributed by atoms with Gasteiger partial charge in [0.15, 0.2) is 0 Å². The standard InChI is InChI=1S/C25H36O6/c1-24(26)17-25(2)23(15-21-20(31-25)7-4-5-14-29-21)30-22(24)8-6-13-28-16-18-9-11-19(27-3)12-10-18/h5,9-12,14,20-23,26H,4,6-8,13,15-17H2,1-3H3/t20-,21+,22+,23-,24-,25+/m1/s1. The Hall–Kier alpha value is -1.60. The van der Waals surface area contributed by atoms with Crippen molar-refractivity contribution in [1.82, 2.24) is 0 Å². The summed E-state index contributed by atoms with van der Waals surface area (Å²) < 4.78 is 29.8. The average molecular weight is 433 g/mol. The third-order valence-electron chi connectivity index (χ3n) is 6.84. The Kier molecular flexibility index (Phi) is 6.92. The second-order valence-electron chi connectivity index (χ2n) is 9.52. The highest BCUT2D eigenvalue weighted by Gasteiger charge is 2.56. The van der Waals surface area contributed by atoms with E-state index in [-0.39, 0.29) is 24.4 Å². The van der Waals surface area contributed by atoms with Crippen LogP contribution in [0.5, 0.6) is 5.75 Å². The summed E-state index contributed by atoms with van der Waals surface area (Å²) in [6.07, 6.45) is 8.45. The van der Waals surface area contributed by atoms with E-state index >= 15 is 0 Å². The third kappa shape index (κ3) is 5.25. The van der Waals surface area contributed by atoms with E-state index in [1.807, 2.05) is 31.2 Å². The van der Waals surface area contributed by atoms with Crippen LogP contribution in [-0.4, -0.2) is 54.4 Å². The maximum absolute atomic E-state index is 11.2. The van der Waals surface area contributed by atoms with Gasteiger partial charge in [0.05, 0.1) is 49.5 Å². The van der Waals surface area contributed by atoms with Crippen molar-refractivity contribution in [2.24, 2.45) is 0 Å². The Labute approximate surface area is 185 Å². The van der Waals surface area contributed by atoms with E-state index in [4.69, 9.17) is 23.7 Å². The number of benzene rings is 1. The lowest BCUT2D eigenvalue weighted by atomic mass is 9.74. The summed E-state index contributed by atoms with van der Waals surface area (Å²) in [6, 6.07) is 7.90. The fraction of sp³-hybridized carbons (Fsp3) is 0.680. The van der Waals surface area contributed by atoms with E-state index in [1.165, 1.54) is 0 Å². The Morgan fingerprint density at radius 1 is 1.16 bits per heavy atom. The van der Waals surface area contributed by atoms with Crippen LogP contribution in [0.3, 0.4) is 0 Å². The fourth-order valence-corrected chi connectivity index (χ4v) is 5.17. The molecule has 0 amide bonds. The first-order valence-corrected chi connectivity index (χ1v) is 11.5. The molecule has 3 aliphatic heterocycles. The minimum Gasteiger partial charge on any atom is -0.497 e. The molecule has 0 unspecified atom stereocenters. The second-order valence-corrected chi connectivity index (χ2v) is 9.52. The lowest BCUT2D eigenvalue weighted by Crippen LogP contribution is -2.65. The zero-order chi connectivity index (χ0) is 21.9. The molecule has 0 bridgehead atoms. The van der Waals surface area contributed by atoms with Gasteiger partial charge in [-0.15, -0.1) is 0 Å². The number of rotatable bonds is 7. The minimum atomic E-state index is -0.933. The Balaban J connectivity index is 1.27. The molecule has 0 radical (unpaired) electrons. The Bertz CT molecular complexity index is 745. The summed E-state index contributed by atoms with van der Waals surface area (Å²) in [5.41, 5.74) is -0.304. The fourth-order valence-electron chi connectivity index (χ4n) is 5.17. The quantitative estimate of drug-likeness (QED) is 0.653. The summed E-state index contributed by atoms with van der Waals surface area (Å²) in [7, 11) is 1.66. The zero-order valence-electron chi connectivity index (χ0n) is 18.9. The van der Waals surface area contributed by atoms with Crippen LogP contribution in [0.4, 0.5) is 0 Å². The lowest BCUT2D eigenvalue weighted by molar-refractivity contribution is -0.306. The number of methoxy groups -OCH3 is 1. The molecule has 1 N–H and O–H groups in total. The molecule has 0 saturated carbocycles. The van der Waals surface area contributed by atoms with Crippen molar-refractivity contribution in [2.75, 3.05) is 13.7 Å². The maximum atomic E-state index is 11.2. The van der Waals surface area contributed by atoms with E-state index in [0.717, 1.165) is 43.4 Å². The Morgan fingerprint density at radius 3 is 2.74 bits per heavy atom. The summed E-state index contributed by atoms with van der Waals surface area (Å²) >= 11 is 0. The highest BCUT2D eigenvalue weighted by molar-refractivity contribution is 5.26. The van der Waals surface area contributed by atoms with Gasteiger partial charge in [-0.2, -0.15) is 0 Å². The van der Waals surface area contributed by atoms with Crippen LogP contribution < -0.4 is 4.74 Å². The van der Waals surface area contributed by atoms with Crippen LogP contribution in [0.15, 0.2) is 36.6 Å².